The molecule has 0 amide bonds. The Hall–Kier alpha value is -2.36. The van der Waals surface area contributed by atoms with E-state index in [9.17, 15) is 10.0 Å². The summed E-state index contributed by atoms with van der Waals surface area (Å²) >= 11 is 0. The molecule has 0 radical (unpaired) electrons. The topological polar surface area (TPSA) is 40.5 Å². The van der Waals surface area contributed by atoms with Gasteiger partial charge in [-0.2, -0.15) is 0 Å². The minimum absolute atomic E-state index is 0.548. The molecule has 1 aliphatic rings. The molecule has 3 heteroatoms. The normalized spacial score (nSPS) is 11.9. The van der Waals surface area contributed by atoms with Crippen molar-refractivity contribution in [2.75, 3.05) is 0 Å². The lowest BCUT2D eigenvalue weighted by molar-refractivity contribution is 0.426. The van der Waals surface area contributed by atoms with Gasteiger partial charge in [-0.05, 0) is 45.3 Å². The van der Waals surface area contributed by atoms with Crippen molar-refractivity contribution in [3.63, 3.8) is 0 Å². The lowest BCUT2D eigenvalue weighted by Crippen LogP contribution is -2.31. The standard InChI is InChI=1S/C19H15BO2/c21-20(22)19-11-4-3-8-17(19)16-10-5-9-15-14-7-2-1-6-13(14)12-18(15)16/h1-11,21-22H,12H2. The fourth-order valence-electron chi connectivity index (χ4n) is 3.38. The highest BCUT2D eigenvalue weighted by atomic mass is 16.4. The third-order valence-corrected chi connectivity index (χ3v) is 4.38. The lowest BCUT2D eigenvalue weighted by Gasteiger charge is -2.13. The van der Waals surface area contributed by atoms with Crippen molar-refractivity contribution in [3.05, 3.63) is 77.9 Å². The van der Waals surface area contributed by atoms with Crippen LogP contribution in [0.5, 0.6) is 0 Å². The minimum Gasteiger partial charge on any atom is -0.423 e. The van der Waals surface area contributed by atoms with Crippen LogP contribution in [-0.4, -0.2) is 17.2 Å². The van der Waals surface area contributed by atoms with Gasteiger partial charge in [0.2, 0.25) is 0 Å². The fourth-order valence-corrected chi connectivity index (χ4v) is 3.38. The maximum Gasteiger partial charge on any atom is 0.489 e. The molecule has 0 saturated carbocycles. The van der Waals surface area contributed by atoms with E-state index < -0.39 is 7.12 Å². The molecule has 0 fully saturated rings. The zero-order chi connectivity index (χ0) is 15.1. The van der Waals surface area contributed by atoms with E-state index in [4.69, 9.17) is 0 Å². The Labute approximate surface area is 129 Å². The van der Waals surface area contributed by atoms with Gasteiger partial charge in [-0.25, -0.2) is 0 Å². The predicted molar refractivity (Wildman–Crippen MR) is 89.9 cm³/mol. The van der Waals surface area contributed by atoms with Crippen LogP contribution in [0.25, 0.3) is 22.3 Å². The van der Waals surface area contributed by atoms with Crippen LogP contribution in [0.4, 0.5) is 0 Å². The molecule has 2 N–H and O–H groups in total. The molecular formula is C19H15BO2. The van der Waals surface area contributed by atoms with Gasteiger partial charge in [0.05, 0.1) is 0 Å². The molecule has 4 rings (SSSR count). The van der Waals surface area contributed by atoms with E-state index in [1.165, 1.54) is 22.3 Å². The van der Waals surface area contributed by atoms with Crippen molar-refractivity contribution >= 4 is 12.6 Å². The molecule has 3 aromatic carbocycles. The van der Waals surface area contributed by atoms with Crippen molar-refractivity contribution in [1.29, 1.82) is 0 Å². The Bertz CT molecular complexity index is 856. The van der Waals surface area contributed by atoms with Crippen molar-refractivity contribution < 1.29 is 10.0 Å². The molecule has 0 heterocycles. The van der Waals surface area contributed by atoms with Gasteiger partial charge in [0.1, 0.15) is 0 Å². The van der Waals surface area contributed by atoms with Gasteiger partial charge >= 0.3 is 7.12 Å². The van der Waals surface area contributed by atoms with Crippen LogP contribution < -0.4 is 5.46 Å². The van der Waals surface area contributed by atoms with Gasteiger partial charge in [0.15, 0.2) is 0 Å². The molecule has 2 nitrogen and oxygen atoms in total. The highest BCUT2D eigenvalue weighted by molar-refractivity contribution is 6.60. The number of hydrogen-bond acceptors (Lipinski definition) is 2. The smallest absolute Gasteiger partial charge is 0.423 e. The molecule has 106 valence electrons. The van der Waals surface area contributed by atoms with Crippen molar-refractivity contribution in [2.24, 2.45) is 0 Å². The van der Waals surface area contributed by atoms with Gasteiger partial charge in [-0.3, -0.25) is 0 Å². The molecule has 22 heavy (non-hydrogen) atoms. The summed E-state index contributed by atoms with van der Waals surface area (Å²) in [5.74, 6) is 0. The van der Waals surface area contributed by atoms with E-state index in [-0.39, 0.29) is 0 Å². The van der Waals surface area contributed by atoms with Crippen LogP contribution in [0, 0.1) is 0 Å². The summed E-state index contributed by atoms with van der Waals surface area (Å²) in [6, 6.07) is 22.2. The summed E-state index contributed by atoms with van der Waals surface area (Å²) in [5, 5.41) is 19.3. The van der Waals surface area contributed by atoms with E-state index in [0.29, 0.717) is 5.46 Å². The second kappa shape index (κ2) is 5.13. The Morgan fingerprint density at radius 3 is 2.00 bits per heavy atom. The molecule has 0 saturated heterocycles. The van der Waals surface area contributed by atoms with E-state index >= 15 is 0 Å². The minimum atomic E-state index is -1.46. The predicted octanol–water partition coefficient (Wildman–Crippen LogP) is 2.60. The average molecular weight is 286 g/mol. The Kier molecular flexibility index (Phi) is 3.10. The quantitative estimate of drug-likeness (QED) is 0.556. The highest BCUT2D eigenvalue weighted by Gasteiger charge is 2.23. The summed E-state index contributed by atoms with van der Waals surface area (Å²) < 4.78 is 0. The number of rotatable bonds is 2. The maximum atomic E-state index is 9.64. The van der Waals surface area contributed by atoms with Crippen LogP contribution in [0.2, 0.25) is 0 Å². The number of fused-ring (bicyclic) bond motifs is 3. The second-order valence-corrected chi connectivity index (χ2v) is 5.63. The maximum absolute atomic E-state index is 9.64. The Morgan fingerprint density at radius 1 is 0.636 bits per heavy atom. The van der Waals surface area contributed by atoms with Gasteiger partial charge in [-0.15, -0.1) is 0 Å². The Balaban J connectivity index is 1.94. The van der Waals surface area contributed by atoms with Crippen molar-refractivity contribution in [3.8, 4) is 22.3 Å². The van der Waals surface area contributed by atoms with Crippen LogP contribution in [-0.2, 0) is 6.42 Å². The molecule has 0 bridgehead atoms. The molecule has 3 aromatic rings. The first-order valence-electron chi connectivity index (χ1n) is 7.41. The molecule has 0 atom stereocenters. The summed E-state index contributed by atoms with van der Waals surface area (Å²) in [7, 11) is -1.46. The number of hydrogen-bond donors (Lipinski definition) is 2. The SMILES string of the molecule is OB(O)c1ccccc1-c1cccc2c1Cc1ccccc1-2. The summed E-state index contributed by atoms with van der Waals surface area (Å²) in [4.78, 5) is 0. The average Bonchev–Trinajstić information content (AvgIpc) is 2.93. The largest absolute Gasteiger partial charge is 0.489 e. The van der Waals surface area contributed by atoms with Crippen LogP contribution in [0.1, 0.15) is 11.1 Å². The lowest BCUT2D eigenvalue weighted by atomic mass is 9.74. The summed E-state index contributed by atoms with van der Waals surface area (Å²) in [5.41, 5.74) is 7.63. The van der Waals surface area contributed by atoms with Gasteiger partial charge in [0.25, 0.3) is 0 Å². The number of benzene rings is 3. The van der Waals surface area contributed by atoms with Crippen LogP contribution in [0.15, 0.2) is 66.7 Å². The van der Waals surface area contributed by atoms with E-state index in [1.54, 1.807) is 6.07 Å². The third-order valence-electron chi connectivity index (χ3n) is 4.38. The van der Waals surface area contributed by atoms with Crippen LogP contribution >= 0.6 is 0 Å². The first-order chi connectivity index (χ1) is 10.8. The van der Waals surface area contributed by atoms with Gasteiger partial charge in [-0.1, -0.05) is 66.7 Å². The third kappa shape index (κ3) is 1.98. The van der Waals surface area contributed by atoms with Gasteiger partial charge in [0, 0.05) is 0 Å². The van der Waals surface area contributed by atoms with Crippen molar-refractivity contribution in [1.82, 2.24) is 0 Å². The first kappa shape index (κ1) is 13.3. The summed E-state index contributed by atoms with van der Waals surface area (Å²) in [6.45, 7) is 0. The highest BCUT2D eigenvalue weighted by Crippen LogP contribution is 2.40. The monoisotopic (exact) mass is 286 g/mol. The molecule has 0 spiro atoms. The van der Waals surface area contributed by atoms with Gasteiger partial charge < -0.3 is 10.0 Å². The molecule has 0 aromatic heterocycles. The molecular weight excluding hydrogens is 271 g/mol. The molecule has 0 unspecified atom stereocenters. The Morgan fingerprint density at radius 2 is 1.23 bits per heavy atom. The van der Waals surface area contributed by atoms with E-state index in [0.717, 1.165) is 17.5 Å². The van der Waals surface area contributed by atoms with E-state index in [1.807, 2.05) is 24.3 Å². The second-order valence-electron chi connectivity index (χ2n) is 5.63. The fraction of sp³-hybridized carbons (Fsp3) is 0.0526. The van der Waals surface area contributed by atoms with Crippen LogP contribution in [0.3, 0.4) is 0 Å². The zero-order valence-corrected chi connectivity index (χ0v) is 12.0. The van der Waals surface area contributed by atoms with E-state index in [2.05, 4.69) is 36.4 Å². The molecule has 0 aliphatic heterocycles. The van der Waals surface area contributed by atoms with Crippen molar-refractivity contribution in [2.45, 2.75) is 6.42 Å². The first-order valence-corrected chi connectivity index (χ1v) is 7.41. The summed E-state index contributed by atoms with van der Waals surface area (Å²) in [6.07, 6.45) is 0.886. The zero-order valence-electron chi connectivity index (χ0n) is 12.0. The molecule has 1 aliphatic carbocycles.